The van der Waals surface area contributed by atoms with Crippen LogP contribution in [-0.4, -0.2) is 25.7 Å². The first-order valence-corrected chi connectivity index (χ1v) is 7.29. The molecule has 3 aromatic heterocycles. The Morgan fingerprint density at radius 1 is 1.42 bits per heavy atom. The molecule has 0 aliphatic heterocycles. The molecule has 0 fully saturated rings. The number of aromatic nitrogens is 4. The monoisotopic (exact) mass is 275 g/mol. The minimum atomic E-state index is 0.729. The third-order valence-corrected chi connectivity index (χ3v) is 4.00. The van der Waals surface area contributed by atoms with Gasteiger partial charge in [0.05, 0.1) is 18.4 Å². The van der Waals surface area contributed by atoms with E-state index in [1.54, 1.807) is 11.3 Å². The molecule has 0 spiro atoms. The molecule has 3 rings (SSSR count). The van der Waals surface area contributed by atoms with Crippen LogP contribution in [0.5, 0.6) is 0 Å². The van der Waals surface area contributed by atoms with Gasteiger partial charge >= 0.3 is 0 Å². The van der Waals surface area contributed by atoms with Gasteiger partial charge in [-0.15, -0.1) is 11.3 Å². The molecule has 3 aromatic rings. The second-order valence-electron chi connectivity index (χ2n) is 4.52. The zero-order chi connectivity index (χ0) is 13.2. The van der Waals surface area contributed by atoms with E-state index in [0.29, 0.717) is 0 Å². The van der Waals surface area contributed by atoms with Crippen LogP contribution in [0.4, 0.5) is 0 Å². The van der Waals surface area contributed by atoms with Crippen LogP contribution in [0.1, 0.15) is 23.9 Å². The van der Waals surface area contributed by atoms with Crippen molar-refractivity contribution in [2.45, 2.75) is 26.9 Å². The standard InChI is InChI=1S/C13H17N5S/c1-3-14-6-11-7-15-18(10(11)2)9-12-8-17-4-5-19-13(17)16-12/h4-5,7-8,14H,3,6,9H2,1-2H3. The highest BCUT2D eigenvalue weighted by atomic mass is 32.1. The van der Waals surface area contributed by atoms with Gasteiger partial charge in [0.25, 0.3) is 0 Å². The fourth-order valence-electron chi connectivity index (χ4n) is 2.08. The van der Waals surface area contributed by atoms with Gasteiger partial charge in [-0.3, -0.25) is 9.08 Å². The molecule has 100 valence electrons. The fourth-order valence-corrected chi connectivity index (χ4v) is 2.80. The molecule has 0 bridgehead atoms. The van der Waals surface area contributed by atoms with Crippen molar-refractivity contribution in [3.63, 3.8) is 0 Å². The van der Waals surface area contributed by atoms with Crippen molar-refractivity contribution >= 4 is 16.3 Å². The Hall–Kier alpha value is -1.66. The number of thiazole rings is 1. The van der Waals surface area contributed by atoms with Gasteiger partial charge in [-0.05, 0) is 13.5 Å². The molecule has 0 saturated heterocycles. The maximum absolute atomic E-state index is 4.59. The molecule has 0 unspecified atom stereocenters. The number of imidazole rings is 1. The van der Waals surface area contributed by atoms with E-state index in [4.69, 9.17) is 0 Å². The minimum Gasteiger partial charge on any atom is -0.313 e. The van der Waals surface area contributed by atoms with E-state index in [1.165, 1.54) is 11.3 Å². The highest BCUT2D eigenvalue weighted by Crippen LogP contribution is 2.14. The van der Waals surface area contributed by atoms with Crippen LogP contribution in [0.15, 0.2) is 24.0 Å². The Labute approximate surface area is 115 Å². The van der Waals surface area contributed by atoms with E-state index in [0.717, 1.165) is 30.3 Å². The number of nitrogens with zero attached hydrogens (tertiary/aromatic N) is 4. The molecular weight excluding hydrogens is 258 g/mol. The highest BCUT2D eigenvalue weighted by Gasteiger charge is 2.08. The number of hydrogen-bond donors (Lipinski definition) is 1. The largest absolute Gasteiger partial charge is 0.313 e. The smallest absolute Gasteiger partial charge is 0.193 e. The lowest BCUT2D eigenvalue weighted by molar-refractivity contribution is 0.650. The van der Waals surface area contributed by atoms with Gasteiger partial charge in [0.1, 0.15) is 0 Å². The van der Waals surface area contributed by atoms with Crippen molar-refractivity contribution in [2.24, 2.45) is 0 Å². The summed E-state index contributed by atoms with van der Waals surface area (Å²) in [5.41, 5.74) is 3.51. The lowest BCUT2D eigenvalue weighted by Crippen LogP contribution is -2.12. The summed E-state index contributed by atoms with van der Waals surface area (Å²) >= 11 is 1.65. The summed E-state index contributed by atoms with van der Waals surface area (Å²) in [5.74, 6) is 0. The van der Waals surface area contributed by atoms with Crippen LogP contribution in [0.3, 0.4) is 0 Å². The topological polar surface area (TPSA) is 47.2 Å². The second kappa shape index (κ2) is 5.14. The normalized spacial score (nSPS) is 11.5. The first kappa shape index (κ1) is 12.4. The predicted molar refractivity (Wildman–Crippen MR) is 76.5 cm³/mol. The Bertz CT molecular complexity index is 650. The summed E-state index contributed by atoms with van der Waals surface area (Å²) in [5, 5.41) is 9.82. The van der Waals surface area contributed by atoms with Crippen LogP contribution in [0.2, 0.25) is 0 Å². The molecule has 1 N–H and O–H groups in total. The van der Waals surface area contributed by atoms with Crippen molar-refractivity contribution in [1.29, 1.82) is 0 Å². The number of nitrogens with one attached hydrogen (secondary N) is 1. The third-order valence-electron chi connectivity index (χ3n) is 3.23. The van der Waals surface area contributed by atoms with Crippen LogP contribution in [0, 0.1) is 6.92 Å². The maximum atomic E-state index is 4.59. The SMILES string of the molecule is CCNCc1cnn(Cc2cn3ccsc3n2)c1C. The zero-order valence-electron chi connectivity index (χ0n) is 11.1. The first-order valence-electron chi connectivity index (χ1n) is 6.41. The summed E-state index contributed by atoms with van der Waals surface area (Å²) in [6.07, 6.45) is 6.04. The van der Waals surface area contributed by atoms with Crippen LogP contribution >= 0.6 is 11.3 Å². The van der Waals surface area contributed by atoms with Gasteiger partial charge < -0.3 is 5.32 Å². The fraction of sp³-hybridized carbons (Fsp3) is 0.385. The van der Waals surface area contributed by atoms with Gasteiger partial charge in [-0.25, -0.2) is 4.98 Å². The molecule has 19 heavy (non-hydrogen) atoms. The lowest BCUT2D eigenvalue weighted by Gasteiger charge is -2.04. The molecule has 0 radical (unpaired) electrons. The van der Waals surface area contributed by atoms with E-state index in [2.05, 4.69) is 39.8 Å². The Morgan fingerprint density at radius 3 is 3.11 bits per heavy atom. The van der Waals surface area contributed by atoms with Crippen molar-refractivity contribution in [3.8, 4) is 0 Å². The van der Waals surface area contributed by atoms with E-state index >= 15 is 0 Å². The van der Waals surface area contributed by atoms with Gasteiger partial charge in [0, 0.05) is 35.6 Å². The number of hydrogen-bond acceptors (Lipinski definition) is 4. The van der Waals surface area contributed by atoms with Crippen molar-refractivity contribution < 1.29 is 0 Å². The molecule has 0 aliphatic rings. The van der Waals surface area contributed by atoms with E-state index in [9.17, 15) is 0 Å². The van der Waals surface area contributed by atoms with Crippen molar-refractivity contribution in [1.82, 2.24) is 24.5 Å². The summed E-state index contributed by atoms with van der Waals surface area (Å²) in [6, 6.07) is 0. The molecule has 0 aromatic carbocycles. The van der Waals surface area contributed by atoms with E-state index in [-0.39, 0.29) is 0 Å². The second-order valence-corrected chi connectivity index (χ2v) is 5.39. The summed E-state index contributed by atoms with van der Waals surface area (Å²) in [4.78, 5) is 5.62. The average Bonchev–Trinajstić information content (AvgIpc) is 3.05. The van der Waals surface area contributed by atoms with Gasteiger partial charge in [-0.2, -0.15) is 5.10 Å². The van der Waals surface area contributed by atoms with Crippen molar-refractivity contribution in [3.05, 3.63) is 40.9 Å². The summed E-state index contributed by atoms with van der Waals surface area (Å²) < 4.78 is 4.07. The van der Waals surface area contributed by atoms with Gasteiger partial charge in [0.15, 0.2) is 4.96 Å². The van der Waals surface area contributed by atoms with Gasteiger partial charge in [-0.1, -0.05) is 6.92 Å². The predicted octanol–water partition coefficient (Wildman–Crippen LogP) is 2.06. The summed E-state index contributed by atoms with van der Waals surface area (Å²) in [6.45, 7) is 6.80. The zero-order valence-corrected chi connectivity index (χ0v) is 11.9. The van der Waals surface area contributed by atoms with Crippen LogP contribution < -0.4 is 5.32 Å². The van der Waals surface area contributed by atoms with Crippen LogP contribution in [0.25, 0.3) is 4.96 Å². The summed E-state index contributed by atoms with van der Waals surface area (Å²) in [7, 11) is 0. The molecule has 0 aliphatic carbocycles. The first-order chi connectivity index (χ1) is 9.28. The number of fused-ring (bicyclic) bond motifs is 1. The molecule has 5 nitrogen and oxygen atoms in total. The van der Waals surface area contributed by atoms with E-state index < -0.39 is 0 Å². The van der Waals surface area contributed by atoms with Gasteiger partial charge in [0.2, 0.25) is 0 Å². The average molecular weight is 275 g/mol. The third kappa shape index (κ3) is 2.41. The molecule has 3 heterocycles. The molecule has 0 saturated carbocycles. The Balaban J connectivity index is 1.79. The maximum Gasteiger partial charge on any atom is 0.193 e. The quantitative estimate of drug-likeness (QED) is 0.775. The molecule has 6 heteroatoms. The lowest BCUT2D eigenvalue weighted by atomic mass is 10.2. The molecule has 0 amide bonds. The Morgan fingerprint density at radius 2 is 2.32 bits per heavy atom. The molecule has 0 atom stereocenters. The minimum absolute atomic E-state index is 0.729. The highest BCUT2D eigenvalue weighted by molar-refractivity contribution is 7.15. The Kier molecular flexibility index (Phi) is 3.35. The van der Waals surface area contributed by atoms with E-state index in [1.807, 2.05) is 22.5 Å². The molecular formula is C13H17N5S. The van der Waals surface area contributed by atoms with Crippen LogP contribution in [-0.2, 0) is 13.1 Å². The van der Waals surface area contributed by atoms with Crippen molar-refractivity contribution in [2.75, 3.05) is 6.54 Å². The number of rotatable bonds is 5.